The zero-order valence-corrected chi connectivity index (χ0v) is 15.1. The molecule has 1 saturated carbocycles. The van der Waals surface area contributed by atoms with E-state index in [1.807, 2.05) is 0 Å². The van der Waals surface area contributed by atoms with Gasteiger partial charge in [-0.2, -0.15) is 0 Å². The summed E-state index contributed by atoms with van der Waals surface area (Å²) in [5, 5.41) is 48.3. The summed E-state index contributed by atoms with van der Waals surface area (Å²) < 4.78 is 5.01. The first kappa shape index (κ1) is 22.3. The molecule has 5 N–H and O–H groups in total. The molecule has 0 heterocycles. The highest BCUT2D eigenvalue weighted by molar-refractivity contribution is 5.69. The Morgan fingerprint density at radius 1 is 0.680 bits per heavy atom. The molecule has 0 aromatic carbocycles. The fraction of sp³-hybridized carbons (Fsp3) is 0.944. The molecule has 7 nitrogen and oxygen atoms in total. The molecule has 1 rings (SSSR count). The lowest BCUT2D eigenvalue weighted by atomic mass is 9.85. The van der Waals surface area contributed by atoms with E-state index in [1.54, 1.807) is 0 Å². The van der Waals surface area contributed by atoms with Crippen LogP contribution >= 0.6 is 0 Å². The first-order chi connectivity index (χ1) is 11.9. The van der Waals surface area contributed by atoms with Gasteiger partial charge in [0.1, 0.15) is 30.5 Å². The summed E-state index contributed by atoms with van der Waals surface area (Å²) in [6.07, 6.45) is 0.417. The molecule has 0 saturated heterocycles. The summed E-state index contributed by atoms with van der Waals surface area (Å²) in [4.78, 5) is 11.8. The summed E-state index contributed by atoms with van der Waals surface area (Å²) in [7, 11) is 0. The second-order valence-electron chi connectivity index (χ2n) is 6.99. The van der Waals surface area contributed by atoms with E-state index in [0.29, 0.717) is 6.42 Å². The van der Waals surface area contributed by atoms with Crippen molar-refractivity contribution in [3.8, 4) is 0 Å². The minimum absolute atomic E-state index is 0.153. The summed E-state index contributed by atoms with van der Waals surface area (Å²) in [5.41, 5.74) is 0. The van der Waals surface area contributed by atoms with Crippen molar-refractivity contribution in [1.82, 2.24) is 0 Å². The van der Waals surface area contributed by atoms with Gasteiger partial charge in [-0.05, 0) is 6.42 Å². The van der Waals surface area contributed by atoms with Gasteiger partial charge in [0.25, 0.3) is 0 Å². The van der Waals surface area contributed by atoms with E-state index in [9.17, 15) is 30.3 Å². The number of hydrogen-bond acceptors (Lipinski definition) is 7. The predicted molar refractivity (Wildman–Crippen MR) is 91.8 cm³/mol. The molecule has 148 valence electrons. The van der Waals surface area contributed by atoms with Gasteiger partial charge in [0.05, 0.1) is 0 Å². The van der Waals surface area contributed by atoms with Crippen molar-refractivity contribution < 1.29 is 35.1 Å². The van der Waals surface area contributed by atoms with Gasteiger partial charge in [-0.15, -0.1) is 0 Å². The Hall–Kier alpha value is -0.730. The van der Waals surface area contributed by atoms with Crippen LogP contribution in [0.15, 0.2) is 0 Å². The average molecular weight is 362 g/mol. The Bertz CT molecular complexity index is 360. The van der Waals surface area contributed by atoms with Crippen LogP contribution in [-0.2, 0) is 9.53 Å². The number of ether oxygens (including phenoxy) is 1. The van der Waals surface area contributed by atoms with E-state index in [4.69, 9.17) is 4.74 Å². The maximum absolute atomic E-state index is 11.8. The van der Waals surface area contributed by atoms with E-state index in [0.717, 1.165) is 19.3 Å². The first-order valence-electron chi connectivity index (χ1n) is 9.50. The molecule has 0 aromatic heterocycles. The monoisotopic (exact) mass is 362 g/mol. The highest BCUT2D eigenvalue weighted by Gasteiger charge is 2.50. The smallest absolute Gasteiger partial charge is 0.306 e. The molecule has 25 heavy (non-hydrogen) atoms. The highest BCUT2D eigenvalue weighted by atomic mass is 16.6. The largest absolute Gasteiger partial charge is 0.457 e. The highest BCUT2D eigenvalue weighted by Crippen LogP contribution is 2.24. The number of aliphatic hydroxyl groups excluding tert-OH is 5. The minimum Gasteiger partial charge on any atom is -0.457 e. The van der Waals surface area contributed by atoms with Crippen LogP contribution in [0.2, 0.25) is 0 Å². The lowest BCUT2D eigenvalue weighted by molar-refractivity contribution is -0.233. The van der Waals surface area contributed by atoms with E-state index >= 15 is 0 Å². The van der Waals surface area contributed by atoms with E-state index < -0.39 is 42.6 Å². The maximum Gasteiger partial charge on any atom is 0.306 e. The minimum atomic E-state index is -1.68. The van der Waals surface area contributed by atoms with Gasteiger partial charge in [0.15, 0.2) is 6.10 Å². The Morgan fingerprint density at radius 3 is 1.56 bits per heavy atom. The fourth-order valence-corrected chi connectivity index (χ4v) is 3.13. The summed E-state index contributed by atoms with van der Waals surface area (Å²) >= 11 is 0. The molecule has 0 spiro atoms. The van der Waals surface area contributed by atoms with Crippen molar-refractivity contribution in [1.29, 1.82) is 0 Å². The normalized spacial score (nSPS) is 32.6. The van der Waals surface area contributed by atoms with Crippen LogP contribution in [0, 0.1) is 0 Å². The van der Waals surface area contributed by atoms with Gasteiger partial charge in [-0.1, -0.05) is 58.3 Å². The van der Waals surface area contributed by atoms with E-state index in [-0.39, 0.29) is 6.42 Å². The molecule has 0 bridgehead atoms. The SMILES string of the molecule is CCCCCCCCCCCC(=O)OC1C(O)C(O)C(O)C(O)C1O. The number of carbonyl (C=O) groups is 1. The van der Waals surface area contributed by atoms with Crippen molar-refractivity contribution in [3.63, 3.8) is 0 Å². The van der Waals surface area contributed by atoms with Gasteiger partial charge >= 0.3 is 5.97 Å². The van der Waals surface area contributed by atoms with Gasteiger partial charge < -0.3 is 30.3 Å². The Kier molecular flexibility index (Phi) is 10.5. The van der Waals surface area contributed by atoms with Crippen LogP contribution in [0.4, 0.5) is 0 Å². The summed E-state index contributed by atoms with van der Waals surface area (Å²) in [6, 6.07) is 0. The van der Waals surface area contributed by atoms with Crippen molar-refractivity contribution in [2.45, 2.75) is 108 Å². The van der Waals surface area contributed by atoms with Crippen molar-refractivity contribution in [2.24, 2.45) is 0 Å². The number of carbonyl (C=O) groups excluding carboxylic acids is 1. The molecule has 0 aromatic rings. The molecule has 4 atom stereocenters. The topological polar surface area (TPSA) is 127 Å². The Labute approximate surface area is 149 Å². The zero-order chi connectivity index (χ0) is 18.8. The molecular weight excluding hydrogens is 328 g/mol. The predicted octanol–water partition coefficient (Wildman–Crippen LogP) is 0.637. The maximum atomic E-state index is 11.8. The third-order valence-corrected chi connectivity index (χ3v) is 4.82. The quantitative estimate of drug-likeness (QED) is 0.269. The number of esters is 1. The molecular formula is C18H34O7. The summed E-state index contributed by atoms with van der Waals surface area (Å²) in [6.45, 7) is 2.19. The van der Waals surface area contributed by atoms with Crippen LogP contribution in [-0.4, -0.2) is 68.1 Å². The molecule has 1 fully saturated rings. The standard InChI is InChI=1S/C18H34O7/c1-2-3-4-5-6-7-8-9-10-11-12(19)25-18-16(23)14(21)13(20)15(22)17(18)24/h13-18,20-24H,2-11H2,1H3. The molecule has 0 aliphatic heterocycles. The molecule has 4 unspecified atom stereocenters. The second-order valence-corrected chi connectivity index (χ2v) is 6.99. The fourth-order valence-electron chi connectivity index (χ4n) is 3.13. The Morgan fingerprint density at radius 2 is 1.08 bits per heavy atom. The van der Waals surface area contributed by atoms with Crippen molar-refractivity contribution in [3.05, 3.63) is 0 Å². The summed E-state index contributed by atoms with van der Waals surface area (Å²) in [5.74, 6) is -0.596. The first-order valence-corrected chi connectivity index (χ1v) is 9.50. The molecule has 1 aliphatic carbocycles. The lowest BCUT2D eigenvalue weighted by Crippen LogP contribution is -2.64. The Balaban J connectivity index is 2.19. The third kappa shape index (κ3) is 7.19. The second kappa shape index (κ2) is 11.8. The van der Waals surface area contributed by atoms with E-state index in [2.05, 4.69) is 6.92 Å². The van der Waals surface area contributed by atoms with Gasteiger partial charge in [-0.25, -0.2) is 0 Å². The average Bonchev–Trinajstić information content (AvgIpc) is 2.60. The zero-order valence-electron chi connectivity index (χ0n) is 15.1. The number of unbranched alkanes of at least 4 members (excludes halogenated alkanes) is 8. The lowest BCUT2D eigenvalue weighted by Gasteiger charge is -2.41. The molecule has 0 amide bonds. The molecule has 0 radical (unpaired) electrons. The van der Waals surface area contributed by atoms with Crippen LogP contribution < -0.4 is 0 Å². The van der Waals surface area contributed by atoms with Gasteiger partial charge in [0.2, 0.25) is 0 Å². The molecule has 1 aliphatic rings. The van der Waals surface area contributed by atoms with Crippen molar-refractivity contribution in [2.75, 3.05) is 0 Å². The molecule has 7 heteroatoms. The van der Waals surface area contributed by atoms with Crippen molar-refractivity contribution >= 4 is 5.97 Å². The third-order valence-electron chi connectivity index (χ3n) is 4.82. The number of hydrogen-bond donors (Lipinski definition) is 5. The van der Waals surface area contributed by atoms with Crippen LogP contribution in [0.5, 0.6) is 0 Å². The van der Waals surface area contributed by atoms with Gasteiger partial charge in [-0.3, -0.25) is 4.79 Å². The van der Waals surface area contributed by atoms with Crippen LogP contribution in [0.25, 0.3) is 0 Å². The number of rotatable bonds is 11. The van der Waals surface area contributed by atoms with Crippen LogP contribution in [0.1, 0.15) is 71.1 Å². The van der Waals surface area contributed by atoms with Crippen LogP contribution in [0.3, 0.4) is 0 Å². The number of aliphatic hydroxyl groups is 5. The van der Waals surface area contributed by atoms with E-state index in [1.165, 1.54) is 32.1 Å². The van der Waals surface area contributed by atoms with Gasteiger partial charge in [0, 0.05) is 6.42 Å².